The van der Waals surface area contributed by atoms with Crippen LogP contribution in [0.2, 0.25) is 0 Å². The fraction of sp³-hybridized carbons (Fsp3) is 0.444. The lowest BCUT2D eigenvalue weighted by Crippen LogP contribution is -2.53. The lowest BCUT2D eigenvalue weighted by molar-refractivity contribution is 0.179. The van der Waals surface area contributed by atoms with Crippen molar-refractivity contribution in [3.8, 4) is 6.07 Å². The van der Waals surface area contributed by atoms with Crippen LogP contribution in [0.4, 0.5) is 4.79 Å². The van der Waals surface area contributed by atoms with Crippen molar-refractivity contribution in [2.24, 2.45) is 5.92 Å². The van der Waals surface area contributed by atoms with E-state index in [-0.39, 0.29) is 12.1 Å². The van der Waals surface area contributed by atoms with Gasteiger partial charge in [-0.15, -0.1) is 0 Å². The van der Waals surface area contributed by atoms with Crippen molar-refractivity contribution in [2.45, 2.75) is 75.3 Å². The number of nitrogens with one attached hydrogen (secondary N) is 2. The Kier molecular flexibility index (Phi) is 9.75. The lowest BCUT2D eigenvalue weighted by Gasteiger charge is -2.36. The Morgan fingerprint density at radius 2 is 1.49 bits per heavy atom. The molecular weight excluding hydrogens is 504 g/mol. The molecule has 1 saturated carbocycles. The predicted octanol–water partition coefficient (Wildman–Crippen LogP) is 7.01. The topological polar surface area (TPSA) is 68.2 Å². The fourth-order valence-electron chi connectivity index (χ4n) is 7.04. The van der Waals surface area contributed by atoms with E-state index >= 15 is 0 Å². The predicted molar refractivity (Wildman–Crippen MR) is 166 cm³/mol. The maximum Gasteiger partial charge on any atom is 0.315 e. The number of hydrogen-bond acceptors (Lipinski definition) is 3. The molecule has 1 aliphatic heterocycles. The Morgan fingerprint density at radius 1 is 0.902 bits per heavy atom. The zero-order valence-electron chi connectivity index (χ0n) is 24.3. The van der Waals surface area contributed by atoms with Gasteiger partial charge in [0.25, 0.3) is 0 Å². The highest BCUT2D eigenvalue weighted by atomic mass is 16.2. The zero-order chi connectivity index (χ0) is 28.5. The lowest BCUT2D eigenvalue weighted by atomic mass is 9.70. The van der Waals surface area contributed by atoms with E-state index in [1.165, 1.54) is 44.5 Å². The number of carbonyl (C=O) groups is 1. The highest BCUT2D eigenvalue weighted by Gasteiger charge is 2.41. The quantitative estimate of drug-likeness (QED) is 0.302. The van der Waals surface area contributed by atoms with Gasteiger partial charge in [0.15, 0.2) is 0 Å². The summed E-state index contributed by atoms with van der Waals surface area (Å²) in [6, 6.07) is 32.7. The van der Waals surface area contributed by atoms with E-state index in [1.54, 1.807) is 0 Å². The third kappa shape index (κ3) is 7.00. The minimum atomic E-state index is -0.981. The first-order valence-corrected chi connectivity index (χ1v) is 15.4. The first kappa shape index (κ1) is 28.9. The van der Waals surface area contributed by atoms with Crippen molar-refractivity contribution in [3.05, 3.63) is 108 Å². The molecular formula is C36H44N4O. The van der Waals surface area contributed by atoms with Crippen LogP contribution in [0, 0.1) is 17.2 Å². The number of nitriles is 1. The van der Waals surface area contributed by atoms with Crippen LogP contribution in [0.3, 0.4) is 0 Å². The second-order valence-electron chi connectivity index (χ2n) is 12.0. The first-order valence-electron chi connectivity index (χ1n) is 15.4. The van der Waals surface area contributed by atoms with Gasteiger partial charge in [-0.2, -0.15) is 5.26 Å². The van der Waals surface area contributed by atoms with E-state index < -0.39 is 11.5 Å². The molecule has 1 saturated heterocycles. The minimum Gasteiger partial charge on any atom is -0.335 e. The van der Waals surface area contributed by atoms with E-state index in [0.29, 0.717) is 5.92 Å². The molecule has 2 fully saturated rings. The van der Waals surface area contributed by atoms with Crippen molar-refractivity contribution >= 4 is 6.03 Å². The normalized spacial score (nSPS) is 22.3. The molecule has 2 unspecified atom stereocenters. The summed E-state index contributed by atoms with van der Waals surface area (Å²) in [6.45, 7) is 5.51. The summed E-state index contributed by atoms with van der Waals surface area (Å²) < 4.78 is 0. The highest BCUT2D eigenvalue weighted by Crippen LogP contribution is 2.35. The van der Waals surface area contributed by atoms with Gasteiger partial charge < -0.3 is 15.5 Å². The Bertz CT molecular complexity index is 1230. The fourth-order valence-corrected chi connectivity index (χ4v) is 7.04. The van der Waals surface area contributed by atoms with Gasteiger partial charge >= 0.3 is 6.03 Å². The second kappa shape index (κ2) is 13.8. The molecule has 3 aromatic rings. The van der Waals surface area contributed by atoms with E-state index in [4.69, 9.17) is 0 Å². The van der Waals surface area contributed by atoms with E-state index in [2.05, 4.69) is 51.9 Å². The standard InChI is InChI=1S/C36H44N4O/c1-28(36(27-37,32-15-7-3-8-16-32)33-17-9-4-10-18-33)38-35(41)39-34-21-19-29(20-22-34)23-25-40-24-11-14-31(26-40)30-12-5-2-6-13-30/h2-10,12-13,15-18,28-29,31,34H,11,14,19-26H2,1H3,(H2,38,39,41). The van der Waals surface area contributed by atoms with Crippen molar-refractivity contribution in [1.82, 2.24) is 15.5 Å². The third-order valence-electron chi connectivity index (χ3n) is 9.44. The van der Waals surface area contributed by atoms with E-state index in [1.807, 2.05) is 67.6 Å². The van der Waals surface area contributed by atoms with Gasteiger partial charge in [-0.25, -0.2) is 4.79 Å². The second-order valence-corrected chi connectivity index (χ2v) is 12.0. The van der Waals surface area contributed by atoms with Gasteiger partial charge in [0.2, 0.25) is 0 Å². The monoisotopic (exact) mass is 548 g/mol. The van der Waals surface area contributed by atoms with E-state index in [0.717, 1.165) is 42.7 Å². The van der Waals surface area contributed by atoms with Crippen molar-refractivity contribution in [2.75, 3.05) is 19.6 Å². The number of benzene rings is 3. The molecule has 0 bridgehead atoms. The number of rotatable bonds is 9. The molecule has 5 nitrogen and oxygen atoms in total. The average molecular weight is 549 g/mol. The first-order chi connectivity index (χ1) is 20.1. The highest BCUT2D eigenvalue weighted by molar-refractivity contribution is 5.75. The Labute approximate surface area is 246 Å². The number of urea groups is 1. The summed E-state index contributed by atoms with van der Waals surface area (Å²) in [4.78, 5) is 15.8. The molecule has 5 rings (SSSR count). The van der Waals surface area contributed by atoms with E-state index in [9.17, 15) is 10.1 Å². The van der Waals surface area contributed by atoms with Crippen molar-refractivity contribution in [1.29, 1.82) is 5.26 Å². The van der Waals surface area contributed by atoms with Gasteiger partial charge in [0.1, 0.15) is 5.41 Å². The number of hydrogen-bond donors (Lipinski definition) is 2. The zero-order valence-corrected chi connectivity index (χ0v) is 24.3. The SMILES string of the molecule is CC(NC(=O)NC1CCC(CCN2CCCC(c3ccccc3)C2)CC1)C(C#N)(c1ccccc1)c1ccccc1. The average Bonchev–Trinajstić information content (AvgIpc) is 3.03. The number of likely N-dealkylation sites (tertiary alicyclic amines) is 1. The van der Waals surface area contributed by atoms with Crippen LogP contribution < -0.4 is 10.6 Å². The molecule has 2 amide bonds. The number of piperidine rings is 1. The molecule has 1 heterocycles. The molecule has 2 N–H and O–H groups in total. The summed E-state index contributed by atoms with van der Waals surface area (Å²) in [6.07, 6.45) is 8.17. The molecule has 0 aromatic heterocycles. The Balaban J connectivity index is 1.10. The molecule has 214 valence electrons. The van der Waals surface area contributed by atoms with Gasteiger partial charge in [-0.05, 0) is 93.5 Å². The molecule has 0 radical (unpaired) electrons. The summed E-state index contributed by atoms with van der Waals surface area (Å²) in [5.74, 6) is 1.39. The Morgan fingerprint density at radius 3 is 2.07 bits per heavy atom. The number of amides is 2. The molecule has 2 atom stereocenters. The molecule has 0 spiro atoms. The summed E-state index contributed by atoms with van der Waals surface area (Å²) in [5.41, 5.74) is 2.26. The molecule has 3 aromatic carbocycles. The third-order valence-corrected chi connectivity index (χ3v) is 9.44. The van der Waals surface area contributed by atoms with Gasteiger partial charge in [-0.1, -0.05) is 91.0 Å². The maximum absolute atomic E-state index is 13.2. The van der Waals surface area contributed by atoms with Gasteiger partial charge in [-0.3, -0.25) is 0 Å². The largest absolute Gasteiger partial charge is 0.335 e. The van der Waals surface area contributed by atoms with Crippen molar-refractivity contribution < 1.29 is 4.79 Å². The molecule has 5 heteroatoms. The summed E-state index contributed by atoms with van der Waals surface area (Å²) in [5, 5.41) is 16.9. The molecule has 1 aliphatic carbocycles. The number of nitrogens with zero attached hydrogens (tertiary/aromatic N) is 2. The van der Waals surface area contributed by atoms with Crippen LogP contribution in [0.5, 0.6) is 0 Å². The maximum atomic E-state index is 13.2. The van der Waals surface area contributed by atoms with Crippen molar-refractivity contribution in [3.63, 3.8) is 0 Å². The molecule has 2 aliphatic rings. The van der Waals surface area contributed by atoms with Crippen LogP contribution in [-0.2, 0) is 5.41 Å². The van der Waals surface area contributed by atoms with Gasteiger partial charge in [0, 0.05) is 12.6 Å². The summed E-state index contributed by atoms with van der Waals surface area (Å²) >= 11 is 0. The van der Waals surface area contributed by atoms with Crippen LogP contribution in [-0.4, -0.2) is 42.6 Å². The summed E-state index contributed by atoms with van der Waals surface area (Å²) in [7, 11) is 0. The van der Waals surface area contributed by atoms with Gasteiger partial charge in [0.05, 0.1) is 12.1 Å². The van der Waals surface area contributed by atoms with Crippen LogP contribution >= 0.6 is 0 Å². The number of carbonyl (C=O) groups excluding carboxylic acids is 1. The Hall–Kier alpha value is -3.62. The van der Waals surface area contributed by atoms with Crippen LogP contribution in [0.25, 0.3) is 0 Å². The minimum absolute atomic E-state index is 0.181. The van der Waals surface area contributed by atoms with Crippen LogP contribution in [0.15, 0.2) is 91.0 Å². The molecule has 41 heavy (non-hydrogen) atoms. The van der Waals surface area contributed by atoms with Crippen LogP contribution in [0.1, 0.15) is 74.5 Å². The smallest absolute Gasteiger partial charge is 0.315 e.